The summed E-state index contributed by atoms with van der Waals surface area (Å²) in [5, 5.41) is 3.90. The fourth-order valence-electron chi connectivity index (χ4n) is 3.44. The van der Waals surface area contributed by atoms with E-state index in [-0.39, 0.29) is 6.04 Å². The van der Waals surface area contributed by atoms with Crippen molar-refractivity contribution in [1.82, 2.24) is 14.6 Å². The number of carbonyl (C=O) groups is 1. The molecular weight excluding hydrogens is 351 g/mol. The second-order valence-corrected chi connectivity index (χ2v) is 6.34. The Hall–Kier alpha value is -2.58. The molecule has 2 aromatic heterocycles. The quantitative estimate of drug-likeness (QED) is 0.834. The van der Waals surface area contributed by atoms with Gasteiger partial charge < -0.3 is 14.0 Å². The molecule has 1 fully saturated rings. The van der Waals surface area contributed by atoms with Crippen LogP contribution < -0.4 is 5.56 Å². The van der Waals surface area contributed by atoms with E-state index < -0.39 is 29.8 Å². The van der Waals surface area contributed by atoms with Crippen molar-refractivity contribution in [2.45, 2.75) is 45.5 Å². The van der Waals surface area contributed by atoms with Gasteiger partial charge in [0.05, 0.1) is 11.7 Å². The molecule has 3 rings (SSSR count). The predicted octanol–water partition coefficient (Wildman–Crippen LogP) is 2.84. The van der Waals surface area contributed by atoms with E-state index in [0.717, 1.165) is 22.6 Å². The van der Waals surface area contributed by atoms with Gasteiger partial charge in [-0.1, -0.05) is 5.16 Å². The van der Waals surface area contributed by atoms with Crippen molar-refractivity contribution < 1.29 is 22.5 Å². The number of alkyl halides is 3. The van der Waals surface area contributed by atoms with Gasteiger partial charge in [0.1, 0.15) is 17.9 Å². The van der Waals surface area contributed by atoms with Crippen LogP contribution in [0.1, 0.15) is 41.5 Å². The van der Waals surface area contributed by atoms with E-state index in [1.54, 1.807) is 18.7 Å². The minimum absolute atomic E-state index is 0.241. The molecule has 0 saturated carbocycles. The van der Waals surface area contributed by atoms with Crippen molar-refractivity contribution in [1.29, 1.82) is 0 Å². The number of hydrogen-bond donors (Lipinski definition) is 0. The van der Waals surface area contributed by atoms with E-state index >= 15 is 0 Å². The highest BCUT2D eigenvalue weighted by Gasteiger charge is 2.36. The number of rotatable bonds is 3. The Morgan fingerprint density at radius 2 is 2.12 bits per heavy atom. The van der Waals surface area contributed by atoms with E-state index in [1.807, 2.05) is 0 Å². The lowest BCUT2D eigenvalue weighted by atomic mass is 10.0. The minimum atomic E-state index is -4.75. The summed E-state index contributed by atoms with van der Waals surface area (Å²) >= 11 is 0. The number of hydrogen-bond acceptors (Lipinski definition) is 4. The van der Waals surface area contributed by atoms with Crippen molar-refractivity contribution in [2.75, 3.05) is 6.54 Å². The Labute approximate surface area is 147 Å². The van der Waals surface area contributed by atoms with Crippen LogP contribution in [0.2, 0.25) is 0 Å². The normalized spacial score (nSPS) is 17.7. The Balaban J connectivity index is 1.86. The molecule has 0 bridgehead atoms. The van der Waals surface area contributed by atoms with Gasteiger partial charge in [0.25, 0.3) is 5.56 Å². The highest BCUT2D eigenvalue weighted by atomic mass is 19.4. The summed E-state index contributed by atoms with van der Waals surface area (Å²) in [4.78, 5) is 26.3. The zero-order valence-electron chi connectivity index (χ0n) is 14.3. The Kier molecular flexibility index (Phi) is 4.64. The van der Waals surface area contributed by atoms with Crippen LogP contribution in [0.25, 0.3) is 0 Å². The van der Waals surface area contributed by atoms with E-state index in [4.69, 9.17) is 4.52 Å². The average Bonchev–Trinajstić information content (AvgIpc) is 3.14. The van der Waals surface area contributed by atoms with Gasteiger partial charge in [-0.15, -0.1) is 0 Å². The lowest BCUT2D eigenvalue weighted by Crippen LogP contribution is -2.37. The third kappa shape index (κ3) is 3.25. The molecule has 6 nitrogen and oxygen atoms in total. The van der Waals surface area contributed by atoms with Gasteiger partial charge in [-0.2, -0.15) is 13.2 Å². The first kappa shape index (κ1) is 18.2. The first-order chi connectivity index (χ1) is 12.2. The molecule has 1 amide bonds. The number of likely N-dealkylation sites (tertiary alicyclic amines) is 1. The van der Waals surface area contributed by atoms with Crippen molar-refractivity contribution in [3.8, 4) is 0 Å². The maximum Gasteiger partial charge on any atom is 0.421 e. The summed E-state index contributed by atoms with van der Waals surface area (Å²) in [6.07, 6.45) is -2.09. The van der Waals surface area contributed by atoms with Crippen LogP contribution in [0.5, 0.6) is 0 Å². The third-order valence-electron chi connectivity index (χ3n) is 4.63. The number of carbonyl (C=O) groups excluding carboxylic acids is 1. The summed E-state index contributed by atoms with van der Waals surface area (Å²) in [6.45, 7) is 3.57. The van der Waals surface area contributed by atoms with E-state index in [0.29, 0.717) is 30.5 Å². The second kappa shape index (κ2) is 6.62. The van der Waals surface area contributed by atoms with Gasteiger partial charge in [0.15, 0.2) is 0 Å². The van der Waals surface area contributed by atoms with Crippen molar-refractivity contribution in [2.24, 2.45) is 0 Å². The van der Waals surface area contributed by atoms with Crippen molar-refractivity contribution >= 4 is 5.91 Å². The third-order valence-corrected chi connectivity index (χ3v) is 4.63. The van der Waals surface area contributed by atoms with Crippen LogP contribution in [0.15, 0.2) is 27.6 Å². The topological polar surface area (TPSA) is 68.3 Å². The molecular formula is C17H18F3N3O3. The fourth-order valence-corrected chi connectivity index (χ4v) is 3.44. The maximum atomic E-state index is 12.9. The lowest BCUT2D eigenvalue weighted by molar-refractivity contribution is -0.139. The van der Waals surface area contributed by atoms with Gasteiger partial charge in [-0.3, -0.25) is 9.59 Å². The summed E-state index contributed by atoms with van der Waals surface area (Å²) in [7, 11) is 0. The van der Waals surface area contributed by atoms with Crippen molar-refractivity contribution in [3.05, 3.63) is 51.3 Å². The Morgan fingerprint density at radius 1 is 1.38 bits per heavy atom. The number of amides is 1. The first-order valence-corrected chi connectivity index (χ1v) is 8.19. The van der Waals surface area contributed by atoms with Crippen LogP contribution in [-0.4, -0.2) is 27.1 Å². The molecule has 0 unspecified atom stereocenters. The standard InChI is InChI=1S/C17H18F3N3O3/c1-10-15(11(2)26-21-10)13-6-4-8-23(13)14(24)9-22-7-3-5-12(16(22)25)17(18,19)20/h3,5,7,13H,4,6,8-9H2,1-2H3/t13-/m0/s1. The fraction of sp³-hybridized carbons (Fsp3) is 0.471. The molecule has 140 valence electrons. The Morgan fingerprint density at radius 3 is 2.73 bits per heavy atom. The van der Waals surface area contributed by atoms with Gasteiger partial charge in [-0.05, 0) is 38.8 Å². The molecule has 3 heterocycles. The minimum Gasteiger partial charge on any atom is -0.361 e. The monoisotopic (exact) mass is 369 g/mol. The molecule has 0 aliphatic carbocycles. The molecule has 2 aromatic rings. The van der Waals surface area contributed by atoms with Gasteiger partial charge >= 0.3 is 6.18 Å². The number of nitrogens with zero attached hydrogens (tertiary/aromatic N) is 3. The molecule has 1 aliphatic heterocycles. The predicted molar refractivity (Wildman–Crippen MR) is 85.4 cm³/mol. The number of aromatic nitrogens is 2. The molecule has 0 aromatic carbocycles. The molecule has 26 heavy (non-hydrogen) atoms. The highest BCUT2D eigenvalue weighted by Crippen LogP contribution is 2.35. The van der Waals surface area contributed by atoms with E-state index in [9.17, 15) is 22.8 Å². The van der Waals surface area contributed by atoms with Crippen LogP contribution in [0.3, 0.4) is 0 Å². The molecule has 9 heteroatoms. The SMILES string of the molecule is Cc1noc(C)c1[C@@H]1CCCN1C(=O)Cn1cccc(C(F)(F)F)c1=O. The molecule has 0 radical (unpaired) electrons. The first-order valence-electron chi connectivity index (χ1n) is 8.19. The summed E-state index contributed by atoms with van der Waals surface area (Å²) in [6, 6.07) is 1.59. The lowest BCUT2D eigenvalue weighted by Gasteiger charge is -2.25. The largest absolute Gasteiger partial charge is 0.421 e. The van der Waals surface area contributed by atoms with E-state index in [2.05, 4.69) is 5.16 Å². The van der Waals surface area contributed by atoms with Crippen LogP contribution in [0, 0.1) is 13.8 Å². The molecule has 0 spiro atoms. The van der Waals surface area contributed by atoms with Crippen LogP contribution in [0.4, 0.5) is 13.2 Å². The van der Waals surface area contributed by atoms with Gasteiger partial charge in [0, 0.05) is 18.3 Å². The van der Waals surface area contributed by atoms with Crippen molar-refractivity contribution in [3.63, 3.8) is 0 Å². The second-order valence-electron chi connectivity index (χ2n) is 6.34. The zero-order valence-corrected chi connectivity index (χ0v) is 14.3. The number of halogens is 3. The molecule has 0 N–H and O–H groups in total. The average molecular weight is 369 g/mol. The number of aryl methyl sites for hydroxylation is 2. The zero-order chi connectivity index (χ0) is 19.1. The summed E-state index contributed by atoms with van der Waals surface area (Å²) in [5.41, 5.74) is -0.992. The van der Waals surface area contributed by atoms with E-state index in [1.165, 1.54) is 6.20 Å². The maximum absolute atomic E-state index is 12.9. The number of pyridine rings is 1. The summed E-state index contributed by atoms with van der Waals surface area (Å²) in [5.74, 6) is 0.206. The molecule has 1 aliphatic rings. The summed E-state index contributed by atoms with van der Waals surface area (Å²) < 4.78 is 44.6. The van der Waals surface area contributed by atoms with Gasteiger partial charge in [0.2, 0.25) is 5.91 Å². The smallest absolute Gasteiger partial charge is 0.361 e. The molecule has 1 atom stereocenters. The Bertz CT molecular complexity index is 866. The molecule has 1 saturated heterocycles. The van der Waals surface area contributed by atoms with Crippen LogP contribution in [-0.2, 0) is 17.5 Å². The van der Waals surface area contributed by atoms with Gasteiger partial charge in [-0.25, -0.2) is 0 Å². The van der Waals surface area contributed by atoms with Crippen LogP contribution >= 0.6 is 0 Å². The highest BCUT2D eigenvalue weighted by molar-refractivity contribution is 5.77.